The van der Waals surface area contributed by atoms with Crippen LogP contribution in [-0.2, 0) is 14.3 Å². The van der Waals surface area contributed by atoms with Crippen LogP contribution in [-0.4, -0.2) is 22.6 Å². The van der Waals surface area contributed by atoms with Crippen molar-refractivity contribution in [1.82, 2.24) is 0 Å². The zero-order chi connectivity index (χ0) is 19.2. The van der Waals surface area contributed by atoms with Crippen molar-refractivity contribution in [2.75, 3.05) is 0 Å². The maximum Gasteiger partial charge on any atom is 0.324 e. The molecule has 0 aromatic heterocycles. The van der Waals surface area contributed by atoms with Crippen LogP contribution in [0.2, 0.25) is 0 Å². The fourth-order valence-corrected chi connectivity index (χ4v) is 8.46. The van der Waals surface area contributed by atoms with Crippen LogP contribution < -0.4 is 0 Å². The second-order valence-electron chi connectivity index (χ2n) is 11.4. The van der Waals surface area contributed by atoms with E-state index in [1.54, 1.807) is 0 Å². The average molecular weight is 375 g/mol. The number of esters is 1. The fraction of sp³-hybridized carbons (Fsp3) is 0.913. The summed E-state index contributed by atoms with van der Waals surface area (Å²) in [4.78, 5) is 25.4. The molecule has 5 aliphatic rings. The number of carboxylic acids is 1. The van der Waals surface area contributed by atoms with Gasteiger partial charge < -0.3 is 9.84 Å². The van der Waals surface area contributed by atoms with E-state index in [-0.39, 0.29) is 5.41 Å². The van der Waals surface area contributed by atoms with Crippen LogP contribution in [0, 0.1) is 46.3 Å². The molecule has 4 bridgehead atoms. The molecule has 1 N–H and O–H groups in total. The Labute approximate surface area is 162 Å². The molecule has 0 aliphatic heterocycles. The van der Waals surface area contributed by atoms with Crippen LogP contribution in [0.15, 0.2) is 0 Å². The van der Waals surface area contributed by atoms with E-state index in [1.807, 2.05) is 0 Å². The first-order chi connectivity index (χ1) is 12.7. The Hall–Kier alpha value is -1.06. The number of ether oxygens (including phenoxy) is 1. The van der Waals surface area contributed by atoms with E-state index in [2.05, 4.69) is 20.8 Å². The molecule has 4 heteroatoms. The van der Waals surface area contributed by atoms with Gasteiger partial charge in [-0.3, -0.25) is 9.59 Å². The Morgan fingerprint density at radius 2 is 1.59 bits per heavy atom. The molecule has 0 saturated heterocycles. The Bertz CT molecular complexity index is 670. The number of hydrogen-bond acceptors (Lipinski definition) is 3. The monoisotopic (exact) mass is 374 g/mol. The van der Waals surface area contributed by atoms with Crippen LogP contribution in [0.25, 0.3) is 0 Å². The van der Waals surface area contributed by atoms with Gasteiger partial charge in [0.25, 0.3) is 0 Å². The Morgan fingerprint density at radius 1 is 0.963 bits per heavy atom. The lowest BCUT2D eigenvalue weighted by molar-refractivity contribution is -0.207. The number of aliphatic carboxylic acids is 1. The van der Waals surface area contributed by atoms with E-state index >= 15 is 0 Å². The van der Waals surface area contributed by atoms with Gasteiger partial charge in [0.05, 0.1) is 0 Å². The molecule has 7 atom stereocenters. The van der Waals surface area contributed by atoms with Gasteiger partial charge in [0.2, 0.25) is 0 Å². The summed E-state index contributed by atoms with van der Waals surface area (Å²) in [5.41, 5.74) is -1.94. The van der Waals surface area contributed by atoms with Crippen molar-refractivity contribution in [3.05, 3.63) is 0 Å². The minimum Gasteiger partial charge on any atom is -0.480 e. The molecular weight excluding hydrogens is 340 g/mol. The molecule has 7 unspecified atom stereocenters. The highest BCUT2D eigenvalue weighted by Crippen LogP contribution is 2.73. The lowest BCUT2D eigenvalue weighted by Crippen LogP contribution is -2.57. The molecule has 150 valence electrons. The van der Waals surface area contributed by atoms with E-state index in [0.717, 1.165) is 37.0 Å². The summed E-state index contributed by atoms with van der Waals surface area (Å²) >= 11 is 0. The van der Waals surface area contributed by atoms with Crippen LogP contribution in [0.4, 0.5) is 0 Å². The Morgan fingerprint density at radius 3 is 2.19 bits per heavy atom. The van der Waals surface area contributed by atoms with E-state index < -0.39 is 23.0 Å². The summed E-state index contributed by atoms with van der Waals surface area (Å²) in [6.07, 6.45) is 8.77. The highest BCUT2D eigenvalue weighted by Gasteiger charge is 2.71. The van der Waals surface area contributed by atoms with Gasteiger partial charge in [-0.15, -0.1) is 0 Å². The third kappa shape index (κ3) is 2.16. The maximum atomic E-state index is 13.3. The van der Waals surface area contributed by atoms with Crippen molar-refractivity contribution in [3.8, 4) is 0 Å². The first kappa shape index (κ1) is 18.0. The summed E-state index contributed by atoms with van der Waals surface area (Å²) in [7, 11) is 0. The van der Waals surface area contributed by atoms with Gasteiger partial charge in [-0.1, -0.05) is 33.6 Å². The Kier molecular flexibility index (Phi) is 3.67. The first-order valence-corrected chi connectivity index (χ1v) is 11.2. The topological polar surface area (TPSA) is 63.6 Å². The van der Waals surface area contributed by atoms with Crippen molar-refractivity contribution in [1.29, 1.82) is 0 Å². The van der Waals surface area contributed by atoms with Crippen LogP contribution in [0.1, 0.15) is 78.6 Å². The van der Waals surface area contributed by atoms with Crippen LogP contribution in [0.5, 0.6) is 0 Å². The van der Waals surface area contributed by atoms with E-state index in [1.165, 1.54) is 25.7 Å². The summed E-state index contributed by atoms with van der Waals surface area (Å²) < 4.78 is 6.44. The zero-order valence-corrected chi connectivity index (χ0v) is 17.0. The van der Waals surface area contributed by atoms with Crippen molar-refractivity contribution >= 4 is 11.9 Å². The minimum absolute atomic E-state index is 0.160. The van der Waals surface area contributed by atoms with Crippen LogP contribution >= 0.6 is 0 Å². The lowest BCUT2D eigenvalue weighted by Gasteiger charge is -2.52. The van der Waals surface area contributed by atoms with E-state index in [0.29, 0.717) is 30.6 Å². The van der Waals surface area contributed by atoms with E-state index in [9.17, 15) is 14.7 Å². The number of carbonyl (C=O) groups is 2. The molecule has 5 fully saturated rings. The van der Waals surface area contributed by atoms with Crippen molar-refractivity contribution in [3.63, 3.8) is 0 Å². The summed E-state index contributed by atoms with van der Waals surface area (Å²) in [6.45, 7) is 6.60. The molecule has 27 heavy (non-hydrogen) atoms. The average Bonchev–Trinajstić information content (AvgIpc) is 3.36. The smallest absolute Gasteiger partial charge is 0.324 e. The highest BCUT2D eigenvalue weighted by atomic mass is 16.6. The number of fused-ring (bicyclic) bond motifs is 9. The molecule has 5 saturated carbocycles. The standard InChI is InChI=1S/C23H34O4/c1-21(2,3)23(27-20(26)22(19(24)25)8-4-5-9-22)12-15-11-16(23)18-14-7-6-13(10-14)17(15)18/h13-18H,4-12H2,1-3H3,(H,24,25). The number of hydrogen-bond donors (Lipinski definition) is 1. The number of rotatable bonds is 3. The summed E-state index contributed by atoms with van der Waals surface area (Å²) in [6, 6.07) is 0. The molecule has 5 rings (SSSR count). The molecule has 0 spiro atoms. The minimum atomic E-state index is -1.30. The molecule has 0 aromatic rings. The SMILES string of the molecule is CC(C)(C)C1(OC(=O)C2(C(=O)O)CCCC2)CC2CC1C1C3CCC(C3)C21. The predicted molar refractivity (Wildman–Crippen MR) is 101 cm³/mol. The third-order valence-electron chi connectivity index (χ3n) is 9.58. The highest BCUT2D eigenvalue weighted by molar-refractivity contribution is 5.99. The van der Waals surface area contributed by atoms with Gasteiger partial charge in [-0.2, -0.15) is 0 Å². The predicted octanol–water partition coefficient (Wildman–Crippen LogP) is 4.66. The molecular formula is C23H34O4. The largest absolute Gasteiger partial charge is 0.480 e. The maximum absolute atomic E-state index is 13.3. The Balaban J connectivity index is 1.48. The van der Waals surface area contributed by atoms with Gasteiger partial charge >= 0.3 is 11.9 Å². The molecule has 0 heterocycles. The van der Waals surface area contributed by atoms with Gasteiger partial charge in [0, 0.05) is 11.3 Å². The quantitative estimate of drug-likeness (QED) is 0.443. The van der Waals surface area contributed by atoms with Gasteiger partial charge in [-0.05, 0) is 74.5 Å². The molecule has 0 amide bonds. The lowest BCUT2D eigenvalue weighted by atomic mass is 9.58. The summed E-state index contributed by atoms with van der Waals surface area (Å²) in [5, 5.41) is 9.86. The third-order valence-corrected chi connectivity index (χ3v) is 9.58. The summed E-state index contributed by atoms with van der Waals surface area (Å²) in [5.74, 6) is 2.97. The first-order valence-electron chi connectivity index (χ1n) is 11.2. The zero-order valence-electron chi connectivity index (χ0n) is 17.0. The normalized spacial score (nSPS) is 46.6. The fourth-order valence-electron chi connectivity index (χ4n) is 8.46. The number of carbonyl (C=O) groups excluding carboxylic acids is 1. The van der Waals surface area contributed by atoms with Gasteiger partial charge in [0.1, 0.15) is 5.60 Å². The molecule has 5 aliphatic carbocycles. The molecule has 0 radical (unpaired) electrons. The van der Waals surface area contributed by atoms with E-state index in [4.69, 9.17) is 4.74 Å². The van der Waals surface area contributed by atoms with Crippen molar-refractivity contribution in [2.24, 2.45) is 46.3 Å². The van der Waals surface area contributed by atoms with Crippen molar-refractivity contribution in [2.45, 2.75) is 84.2 Å². The molecule has 4 nitrogen and oxygen atoms in total. The second kappa shape index (κ2) is 5.51. The van der Waals surface area contributed by atoms with Gasteiger partial charge in [0.15, 0.2) is 5.41 Å². The van der Waals surface area contributed by atoms with Gasteiger partial charge in [-0.25, -0.2) is 0 Å². The molecule has 0 aromatic carbocycles. The van der Waals surface area contributed by atoms with Crippen LogP contribution in [0.3, 0.4) is 0 Å². The van der Waals surface area contributed by atoms with Crippen molar-refractivity contribution < 1.29 is 19.4 Å². The second-order valence-corrected chi connectivity index (χ2v) is 11.4. The number of carboxylic acid groups (broad SMARTS) is 1.